The van der Waals surface area contributed by atoms with Crippen LogP contribution in [0, 0.1) is 6.92 Å². The molecule has 0 atom stereocenters. The summed E-state index contributed by atoms with van der Waals surface area (Å²) in [7, 11) is 0. The lowest BCUT2D eigenvalue weighted by Gasteiger charge is -2.22. The third-order valence-electron chi connectivity index (χ3n) is 6.32. The average Bonchev–Trinajstić information content (AvgIpc) is 3.22. The third kappa shape index (κ3) is 6.48. The van der Waals surface area contributed by atoms with Gasteiger partial charge in [0.2, 0.25) is 5.78 Å². The molecule has 4 nitrogen and oxygen atoms in total. The average molecular weight is 449 g/mol. The lowest BCUT2D eigenvalue weighted by Crippen LogP contribution is -2.28. The second-order valence-electron chi connectivity index (χ2n) is 8.93. The number of ether oxygens (including phenoxy) is 1. The Morgan fingerprint density at radius 2 is 1.67 bits per heavy atom. The van der Waals surface area contributed by atoms with E-state index < -0.39 is 0 Å². The second kappa shape index (κ2) is 12.6. The maximum Gasteiger partial charge on any atom is 0.210 e. The Bertz CT molecular complexity index is 1030. The lowest BCUT2D eigenvalue weighted by molar-refractivity contribution is 0.103. The van der Waals surface area contributed by atoms with Crippen molar-refractivity contribution in [2.75, 3.05) is 26.2 Å². The van der Waals surface area contributed by atoms with E-state index in [1.54, 1.807) is 0 Å². The molecule has 2 heterocycles. The minimum Gasteiger partial charge on any atom is -0.493 e. The molecular weight excluding hydrogens is 408 g/mol. The van der Waals surface area contributed by atoms with E-state index in [2.05, 4.69) is 31.7 Å². The number of aryl methyl sites for hydroxylation is 2. The van der Waals surface area contributed by atoms with Gasteiger partial charge in [0.1, 0.15) is 5.75 Å². The van der Waals surface area contributed by atoms with E-state index in [9.17, 15) is 4.79 Å². The molecule has 0 aliphatic heterocycles. The van der Waals surface area contributed by atoms with E-state index in [0.717, 1.165) is 47.5 Å². The van der Waals surface area contributed by atoms with Crippen molar-refractivity contribution in [2.45, 2.75) is 66.2 Å². The van der Waals surface area contributed by atoms with Crippen LogP contribution < -0.4 is 4.74 Å². The maximum atomic E-state index is 13.4. The van der Waals surface area contributed by atoms with Crippen LogP contribution in [0.25, 0.3) is 5.52 Å². The summed E-state index contributed by atoms with van der Waals surface area (Å²) >= 11 is 0. The standard InChI is InChI=1S/C29H40N2O2/c1-5-8-16-30(17-9-6-2)18-12-20-33-27-15-14-25(21-23(27)4)29(32)28-24(7-3)22-26-13-10-11-19-31(26)28/h10-11,13-15,19,21-22H,5-9,12,16-18,20H2,1-4H3. The molecule has 0 unspecified atom stereocenters. The van der Waals surface area contributed by atoms with Crippen LogP contribution in [0.4, 0.5) is 0 Å². The number of hydrogen-bond acceptors (Lipinski definition) is 3. The van der Waals surface area contributed by atoms with Gasteiger partial charge in [0.25, 0.3) is 0 Å². The molecule has 0 bridgehead atoms. The van der Waals surface area contributed by atoms with Crippen molar-refractivity contribution in [3.63, 3.8) is 0 Å². The van der Waals surface area contributed by atoms with E-state index in [0.29, 0.717) is 12.2 Å². The summed E-state index contributed by atoms with van der Waals surface area (Å²) in [5.74, 6) is 0.936. The third-order valence-corrected chi connectivity index (χ3v) is 6.32. The van der Waals surface area contributed by atoms with Crippen LogP contribution in [0.5, 0.6) is 5.75 Å². The summed E-state index contributed by atoms with van der Waals surface area (Å²) in [4.78, 5) is 16.0. The number of unbranched alkanes of at least 4 members (excludes halogenated alkanes) is 2. The number of rotatable bonds is 14. The van der Waals surface area contributed by atoms with Gasteiger partial charge in [-0.25, -0.2) is 0 Å². The Hall–Kier alpha value is -2.59. The van der Waals surface area contributed by atoms with Crippen LogP contribution in [0.15, 0.2) is 48.7 Å². The van der Waals surface area contributed by atoms with E-state index in [1.165, 1.54) is 38.8 Å². The van der Waals surface area contributed by atoms with Crippen molar-refractivity contribution in [1.29, 1.82) is 0 Å². The molecule has 0 N–H and O–H groups in total. The highest BCUT2D eigenvalue weighted by atomic mass is 16.5. The van der Waals surface area contributed by atoms with Gasteiger partial charge >= 0.3 is 0 Å². The summed E-state index contributed by atoms with van der Waals surface area (Å²) in [6.45, 7) is 12.8. The monoisotopic (exact) mass is 448 g/mol. The normalized spacial score (nSPS) is 11.4. The molecule has 0 amide bonds. The second-order valence-corrected chi connectivity index (χ2v) is 8.93. The first-order valence-electron chi connectivity index (χ1n) is 12.7. The quantitative estimate of drug-likeness (QED) is 0.203. The largest absolute Gasteiger partial charge is 0.493 e. The Balaban J connectivity index is 1.63. The van der Waals surface area contributed by atoms with Crippen LogP contribution >= 0.6 is 0 Å². The number of nitrogens with zero attached hydrogens (tertiary/aromatic N) is 2. The van der Waals surface area contributed by atoms with Crippen molar-refractivity contribution < 1.29 is 9.53 Å². The fourth-order valence-corrected chi connectivity index (χ4v) is 4.36. The molecule has 4 heteroatoms. The summed E-state index contributed by atoms with van der Waals surface area (Å²) in [5, 5.41) is 0. The van der Waals surface area contributed by atoms with Crippen LogP contribution in [0.1, 0.15) is 80.1 Å². The van der Waals surface area contributed by atoms with E-state index in [-0.39, 0.29) is 5.78 Å². The topological polar surface area (TPSA) is 34.0 Å². The number of ketones is 1. The van der Waals surface area contributed by atoms with Gasteiger partial charge in [0.05, 0.1) is 12.3 Å². The fraction of sp³-hybridized carbons (Fsp3) is 0.483. The highest BCUT2D eigenvalue weighted by molar-refractivity contribution is 6.09. The smallest absolute Gasteiger partial charge is 0.210 e. The zero-order valence-corrected chi connectivity index (χ0v) is 20.9. The van der Waals surface area contributed by atoms with Gasteiger partial charge in [0.15, 0.2) is 0 Å². The number of fused-ring (bicyclic) bond motifs is 1. The molecule has 0 fully saturated rings. The fourth-order valence-electron chi connectivity index (χ4n) is 4.36. The van der Waals surface area contributed by atoms with Gasteiger partial charge < -0.3 is 14.0 Å². The summed E-state index contributed by atoms with van der Waals surface area (Å²) in [5.41, 5.74) is 4.62. The number of hydrogen-bond donors (Lipinski definition) is 0. The van der Waals surface area contributed by atoms with Crippen LogP contribution in [-0.4, -0.2) is 41.3 Å². The Kier molecular flexibility index (Phi) is 9.56. The lowest BCUT2D eigenvalue weighted by atomic mass is 10.0. The van der Waals surface area contributed by atoms with E-state index >= 15 is 0 Å². The predicted molar refractivity (Wildman–Crippen MR) is 138 cm³/mol. The zero-order chi connectivity index (χ0) is 23.6. The number of carbonyl (C=O) groups is 1. The first kappa shape index (κ1) is 25.0. The van der Waals surface area contributed by atoms with Gasteiger partial charge in [-0.05, 0) is 93.2 Å². The van der Waals surface area contributed by atoms with Crippen LogP contribution in [0.2, 0.25) is 0 Å². The van der Waals surface area contributed by atoms with Crippen molar-refractivity contribution in [1.82, 2.24) is 9.30 Å². The molecule has 3 rings (SSSR count). The molecule has 1 aromatic carbocycles. The van der Waals surface area contributed by atoms with Gasteiger partial charge in [-0.1, -0.05) is 39.7 Å². The Morgan fingerprint density at radius 3 is 2.33 bits per heavy atom. The van der Waals surface area contributed by atoms with Crippen molar-refractivity contribution in [3.8, 4) is 5.75 Å². The summed E-state index contributed by atoms with van der Waals surface area (Å²) in [6.07, 6.45) is 8.81. The van der Waals surface area contributed by atoms with Crippen molar-refractivity contribution in [2.24, 2.45) is 0 Å². The maximum absolute atomic E-state index is 13.4. The van der Waals surface area contributed by atoms with Gasteiger partial charge in [-0.3, -0.25) is 4.79 Å². The summed E-state index contributed by atoms with van der Waals surface area (Å²) in [6, 6.07) is 14.0. The molecule has 0 aliphatic carbocycles. The first-order valence-corrected chi connectivity index (χ1v) is 12.7. The molecule has 0 radical (unpaired) electrons. The zero-order valence-electron chi connectivity index (χ0n) is 20.9. The van der Waals surface area contributed by atoms with Gasteiger partial charge in [0, 0.05) is 23.8 Å². The molecule has 0 spiro atoms. The minimum absolute atomic E-state index is 0.0650. The molecule has 0 aliphatic rings. The molecule has 0 saturated heterocycles. The van der Waals surface area contributed by atoms with Gasteiger partial charge in [-0.15, -0.1) is 0 Å². The minimum atomic E-state index is 0.0650. The molecule has 2 aromatic heterocycles. The van der Waals surface area contributed by atoms with E-state index in [4.69, 9.17) is 4.74 Å². The molecule has 0 saturated carbocycles. The molecule has 3 aromatic rings. The molecule has 33 heavy (non-hydrogen) atoms. The highest BCUT2D eigenvalue weighted by Crippen LogP contribution is 2.24. The van der Waals surface area contributed by atoms with Crippen LogP contribution in [0.3, 0.4) is 0 Å². The molecular formula is C29H40N2O2. The highest BCUT2D eigenvalue weighted by Gasteiger charge is 2.19. The molecule has 178 valence electrons. The summed E-state index contributed by atoms with van der Waals surface area (Å²) < 4.78 is 8.10. The van der Waals surface area contributed by atoms with Crippen molar-refractivity contribution in [3.05, 3.63) is 71.0 Å². The van der Waals surface area contributed by atoms with Crippen molar-refractivity contribution >= 4 is 11.3 Å². The Morgan fingerprint density at radius 1 is 0.939 bits per heavy atom. The van der Waals surface area contributed by atoms with Crippen LogP contribution in [-0.2, 0) is 6.42 Å². The number of carbonyl (C=O) groups excluding carboxylic acids is 1. The number of pyridine rings is 1. The number of benzene rings is 1. The number of aromatic nitrogens is 1. The first-order chi connectivity index (χ1) is 16.1. The Labute approximate surface area is 199 Å². The predicted octanol–water partition coefficient (Wildman–Crippen LogP) is 6.71. The van der Waals surface area contributed by atoms with Gasteiger partial charge in [-0.2, -0.15) is 0 Å². The SMILES string of the molecule is CCCCN(CCCC)CCCOc1ccc(C(=O)c2c(CC)cc3ccccn23)cc1C. The van der Waals surface area contributed by atoms with E-state index in [1.807, 2.05) is 53.9 Å².